The van der Waals surface area contributed by atoms with E-state index in [2.05, 4.69) is 19.2 Å². The van der Waals surface area contributed by atoms with Crippen molar-refractivity contribution < 1.29 is 8.42 Å². The molecule has 0 amide bonds. The fourth-order valence-corrected chi connectivity index (χ4v) is 5.09. The average Bonchev–Trinajstić information content (AvgIpc) is 2.95. The highest BCUT2D eigenvalue weighted by molar-refractivity contribution is 7.91. The van der Waals surface area contributed by atoms with Gasteiger partial charge in [0.1, 0.15) is 9.84 Å². The largest absolute Gasteiger partial charge is 0.314 e. The molecule has 2 bridgehead atoms. The Labute approximate surface area is 118 Å². The van der Waals surface area contributed by atoms with Gasteiger partial charge in [0.15, 0.2) is 0 Å². The van der Waals surface area contributed by atoms with Crippen LogP contribution in [0.2, 0.25) is 0 Å². The van der Waals surface area contributed by atoms with Crippen molar-refractivity contribution >= 4 is 9.84 Å². The summed E-state index contributed by atoms with van der Waals surface area (Å²) in [6.07, 6.45) is 6.14. The molecule has 2 rings (SSSR count). The first-order chi connectivity index (χ1) is 8.87. The first-order valence-electron chi connectivity index (χ1n) is 7.81. The van der Waals surface area contributed by atoms with Gasteiger partial charge >= 0.3 is 0 Å². The third kappa shape index (κ3) is 3.52. The van der Waals surface area contributed by atoms with Gasteiger partial charge in [-0.15, -0.1) is 0 Å². The van der Waals surface area contributed by atoms with Crippen LogP contribution < -0.4 is 5.32 Å². The molecule has 0 aromatic carbocycles. The minimum atomic E-state index is -2.83. The van der Waals surface area contributed by atoms with Crippen LogP contribution in [-0.4, -0.2) is 32.5 Å². The molecule has 3 atom stereocenters. The minimum Gasteiger partial charge on any atom is -0.314 e. The molecular formula is C15H29NO2S. The Hall–Kier alpha value is -0.0900. The molecule has 112 valence electrons. The first-order valence-corrected chi connectivity index (χ1v) is 9.63. The average molecular weight is 287 g/mol. The summed E-state index contributed by atoms with van der Waals surface area (Å²) in [6, 6.07) is 0.485. The summed E-state index contributed by atoms with van der Waals surface area (Å²) in [4.78, 5) is 0. The van der Waals surface area contributed by atoms with Gasteiger partial charge in [-0.25, -0.2) is 8.42 Å². The van der Waals surface area contributed by atoms with Gasteiger partial charge in [-0.2, -0.15) is 0 Å². The molecule has 0 saturated heterocycles. The highest BCUT2D eigenvalue weighted by atomic mass is 32.2. The molecule has 2 aliphatic rings. The third-order valence-corrected chi connectivity index (χ3v) is 7.02. The Kier molecular flexibility index (Phi) is 4.61. The van der Waals surface area contributed by atoms with E-state index in [1.807, 2.05) is 0 Å². The standard InChI is InChI=1S/C15H29NO2S/c1-4-19(17,18)8-7-15(11-16-12(2)3)10-13-5-6-14(15)9-13/h12-14,16H,4-11H2,1-3H3. The lowest BCUT2D eigenvalue weighted by atomic mass is 9.71. The maximum atomic E-state index is 11.8. The molecule has 2 saturated carbocycles. The molecule has 1 N–H and O–H groups in total. The van der Waals surface area contributed by atoms with E-state index < -0.39 is 9.84 Å². The van der Waals surface area contributed by atoms with Crippen molar-refractivity contribution in [3.8, 4) is 0 Å². The highest BCUT2D eigenvalue weighted by Gasteiger charge is 2.50. The zero-order valence-corrected chi connectivity index (χ0v) is 13.4. The lowest BCUT2D eigenvalue weighted by Crippen LogP contribution is -2.42. The van der Waals surface area contributed by atoms with Crippen LogP contribution in [0.25, 0.3) is 0 Å². The zero-order chi connectivity index (χ0) is 14.1. The van der Waals surface area contributed by atoms with Gasteiger partial charge < -0.3 is 5.32 Å². The zero-order valence-electron chi connectivity index (χ0n) is 12.6. The second kappa shape index (κ2) is 5.72. The Morgan fingerprint density at radius 1 is 1.32 bits per heavy atom. The van der Waals surface area contributed by atoms with Gasteiger partial charge in [0.25, 0.3) is 0 Å². The summed E-state index contributed by atoms with van der Waals surface area (Å²) >= 11 is 0. The van der Waals surface area contributed by atoms with Crippen LogP contribution in [-0.2, 0) is 9.84 Å². The van der Waals surface area contributed by atoms with Crippen LogP contribution in [0.1, 0.15) is 52.9 Å². The van der Waals surface area contributed by atoms with Gasteiger partial charge in [0, 0.05) is 18.3 Å². The third-order valence-electron chi connectivity index (χ3n) is 5.32. The lowest BCUT2D eigenvalue weighted by Gasteiger charge is -2.39. The normalized spacial score (nSPS) is 34.3. The van der Waals surface area contributed by atoms with Crippen molar-refractivity contribution in [2.75, 3.05) is 18.1 Å². The number of nitrogens with one attached hydrogen (secondary N) is 1. The second-order valence-electron chi connectivity index (χ2n) is 6.96. The quantitative estimate of drug-likeness (QED) is 0.783. The molecular weight excluding hydrogens is 258 g/mol. The van der Waals surface area contributed by atoms with Crippen molar-refractivity contribution in [1.29, 1.82) is 0 Å². The van der Waals surface area contributed by atoms with Crippen molar-refractivity contribution in [2.45, 2.75) is 58.9 Å². The predicted molar refractivity (Wildman–Crippen MR) is 80.0 cm³/mol. The molecule has 4 heteroatoms. The van der Waals surface area contributed by atoms with Crippen molar-refractivity contribution in [1.82, 2.24) is 5.32 Å². The Morgan fingerprint density at radius 2 is 2.05 bits per heavy atom. The molecule has 0 heterocycles. The van der Waals surface area contributed by atoms with Gasteiger partial charge in [0.05, 0.1) is 5.75 Å². The fraction of sp³-hybridized carbons (Fsp3) is 1.00. The van der Waals surface area contributed by atoms with E-state index in [0.29, 0.717) is 11.8 Å². The maximum absolute atomic E-state index is 11.8. The smallest absolute Gasteiger partial charge is 0.150 e. The number of hydrogen-bond donors (Lipinski definition) is 1. The van der Waals surface area contributed by atoms with Crippen LogP contribution in [0.15, 0.2) is 0 Å². The minimum absolute atomic E-state index is 0.259. The maximum Gasteiger partial charge on any atom is 0.150 e. The van der Waals surface area contributed by atoms with Gasteiger partial charge in [-0.3, -0.25) is 0 Å². The summed E-state index contributed by atoms with van der Waals surface area (Å²) < 4.78 is 23.6. The van der Waals surface area contributed by atoms with Crippen molar-refractivity contribution in [3.63, 3.8) is 0 Å². The summed E-state index contributed by atoms with van der Waals surface area (Å²) in [6.45, 7) is 7.10. The highest BCUT2D eigenvalue weighted by Crippen LogP contribution is 2.57. The van der Waals surface area contributed by atoms with Crippen LogP contribution in [0.5, 0.6) is 0 Å². The second-order valence-corrected chi connectivity index (χ2v) is 9.44. The van der Waals surface area contributed by atoms with E-state index in [-0.39, 0.29) is 11.2 Å². The fourth-order valence-electron chi connectivity index (χ4n) is 4.08. The molecule has 0 aromatic heterocycles. The topological polar surface area (TPSA) is 46.2 Å². The molecule has 0 radical (unpaired) electrons. The van der Waals surface area contributed by atoms with Gasteiger partial charge in [-0.1, -0.05) is 27.2 Å². The predicted octanol–water partition coefficient (Wildman–Crippen LogP) is 2.62. The monoisotopic (exact) mass is 287 g/mol. The van der Waals surface area contributed by atoms with Crippen molar-refractivity contribution in [2.24, 2.45) is 17.3 Å². The molecule has 0 spiro atoms. The SMILES string of the molecule is CCS(=O)(=O)CCC1(CNC(C)C)CC2CCC1C2. The Bertz CT molecular complexity index is 404. The van der Waals surface area contributed by atoms with E-state index in [4.69, 9.17) is 0 Å². The van der Waals surface area contributed by atoms with Crippen LogP contribution in [0.3, 0.4) is 0 Å². The number of rotatable bonds is 7. The van der Waals surface area contributed by atoms with E-state index in [1.54, 1.807) is 6.92 Å². The van der Waals surface area contributed by atoms with E-state index in [9.17, 15) is 8.42 Å². The molecule has 2 aliphatic carbocycles. The summed E-state index contributed by atoms with van der Waals surface area (Å²) in [5.41, 5.74) is 0.259. The van der Waals surface area contributed by atoms with E-state index >= 15 is 0 Å². The Balaban J connectivity index is 2.03. The van der Waals surface area contributed by atoms with Gasteiger partial charge in [0.2, 0.25) is 0 Å². The van der Waals surface area contributed by atoms with Crippen LogP contribution in [0.4, 0.5) is 0 Å². The molecule has 3 nitrogen and oxygen atoms in total. The van der Waals surface area contributed by atoms with Crippen LogP contribution >= 0.6 is 0 Å². The van der Waals surface area contributed by atoms with E-state index in [1.165, 1.54) is 25.7 Å². The summed E-state index contributed by atoms with van der Waals surface area (Å²) in [5, 5.41) is 3.57. The van der Waals surface area contributed by atoms with E-state index in [0.717, 1.165) is 24.8 Å². The lowest BCUT2D eigenvalue weighted by molar-refractivity contribution is 0.147. The molecule has 0 aliphatic heterocycles. The van der Waals surface area contributed by atoms with Gasteiger partial charge in [-0.05, 0) is 42.9 Å². The molecule has 2 fully saturated rings. The molecule has 19 heavy (non-hydrogen) atoms. The number of fused-ring (bicyclic) bond motifs is 2. The summed E-state index contributed by atoms with van der Waals surface area (Å²) in [7, 11) is -2.83. The summed E-state index contributed by atoms with van der Waals surface area (Å²) in [5.74, 6) is 2.29. The Morgan fingerprint density at radius 3 is 2.53 bits per heavy atom. The number of sulfone groups is 1. The first kappa shape index (κ1) is 15.3. The molecule has 0 aromatic rings. The van der Waals surface area contributed by atoms with Crippen molar-refractivity contribution in [3.05, 3.63) is 0 Å². The number of hydrogen-bond acceptors (Lipinski definition) is 3. The van der Waals surface area contributed by atoms with Crippen LogP contribution in [0, 0.1) is 17.3 Å². The molecule has 3 unspecified atom stereocenters.